The molecule has 0 atom stereocenters. The van der Waals surface area contributed by atoms with Gasteiger partial charge in [-0.2, -0.15) is 4.68 Å². The first kappa shape index (κ1) is 14.6. The third kappa shape index (κ3) is 2.70. The third-order valence-corrected chi connectivity index (χ3v) is 5.07. The number of hydrogen-bond donors (Lipinski definition) is 2. The van der Waals surface area contributed by atoms with E-state index in [1.54, 1.807) is 0 Å². The maximum absolute atomic E-state index is 12.5. The number of aryl methyl sites for hydroxylation is 1. The van der Waals surface area contributed by atoms with Gasteiger partial charge in [0, 0.05) is 10.3 Å². The third-order valence-electron chi connectivity index (χ3n) is 3.15. The van der Waals surface area contributed by atoms with Gasteiger partial charge in [-0.05, 0) is 29.8 Å². The topological polar surface area (TPSA) is 112 Å². The van der Waals surface area contributed by atoms with Crippen molar-refractivity contribution in [1.82, 2.24) is 30.5 Å². The molecule has 0 unspecified atom stereocenters. The second-order valence-electron chi connectivity index (χ2n) is 4.58. The number of tetrazole rings is 1. The van der Waals surface area contributed by atoms with Crippen LogP contribution in [0.4, 0.5) is 5.13 Å². The molecule has 0 aliphatic heterocycles. The normalized spacial score (nSPS) is 10.8. The van der Waals surface area contributed by atoms with E-state index in [-0.39, 0.29) is 5.91 Å². The van der Waals surface area contributed by atoms with Gasteiger partial charge in [0.25, 0.3) is 5.91 Å². The molecule has 3 N–H and O–H groups in total. The Morgan fingerprint density at radius 1 is 1.45 bits per heavy atom. The van der Waals surface area contributed by atoms with Gasteiger partial charge in [0.1, 0.15) is 11.3 Å². The van der Waals surface area contributed by atoms with Gasteiger partial charge in [0.2, 0.25) is 0 Å². The summed E-state index contributed by atoms with van der Waals surface area (Å²) >= 11 is 2.83. The molecule has 0 aliphatic carbocycles. The minimum absolute atomic E-state index is 0.182. The molecule has 0 aliphatic rings. The second kappa shape index (κ2) is 5.81. The first-order valence-electron chi connectivity index (χ1n) is 6.37. The number of hydrogen-bond acceptors (Lipinski definition) is 8. The maximum Gasteiger partial charge on any atom is 0.254 e. The van der Waals surface area contributed by atoms with Crippen LogP contribution in [0, 0.1) is 13.8 Å². The number of nitrogens with one attached hydrogen (secondary N) is 1. The Kier molecular flexibility index (Phi) is 3.86. The van der Waals surface area contributed by atoms with Gasteiger partial charge in [0.15, 0.2) is 5.13 Å². The number of nitrogens with zero attached hydrogens (tertiary/aromatic N) is 5. The second-order valence-corrected chi connectivity index (χ2v) is 6.67. The predicted molar refractivity (Wildman–Crippen MR) is 84.2 cm³/mol. The number of nitrogens with two attached hydrogens (primary N) is 1. The maximum atomic E-state index is 12.5. The van der Waals surface area contributed by atoms with Crippen LogP contribution in [0.25, 0.3) is 5.00 Å². The van der Waals surface area contributed by atoms with Crippen LogP contribution in [0.2, 0.25) is 0 Å². The highest BCUT2D eigenvalue weighted by Crippen LogP contribution is 2.30. The van der Waals surface area contributed by atoms with E-state index in [1.165, 1.54) is 33.7 Å². The van der Waals surface area contributed by atoms with Crippen molar-refractivity contribution in [3.05, 3.63) is 33.4 Å². The van der Waals surface area contributed by atoms with Gasteiger partial charge in [0.05, 0.1) is 17.8 Å². The Bertz CT molecular complexity index is 806. The molecule has 0 fully saturated rings. The van der Waals surface area contributed by atoms with Crippen molar-refractivity contribution in [2.45, 2.75) is 20.4 Å². The van der Waals surface area contributed by atoms with Gasteiger partial charge in [-0.3, -0.25) is 4.79 Å². The zero-order chi connectivity index (χ0) is 15.7. The van der Waals surface area contributed by atoms with Crippen molar-refractivity contribution >= 4 is 33.7 Å². The summed E-state index contributed by atoms with van der Waals surface area (Å²) in [4.78, 5) is 17.7. The molecule has 0 radical (unpaired) electrons. The SMILES string of the molecule is Cc1sc(-n2cnnn2)c(C(=O)NCc2csc(N)n2)c1C. The van der Waals surface area contributed by atoms with E-state index in [4.69, 9.17) is 5.73 Å². The monoisotopic (exact) mass is 335 g/mol. The molecule has 0 saturated heterocycles. The van der Waals surface area contributed by atoms with Crippen molar-refractivity contribution in [2.75, 3.05) is 5.73 Å². The summed E-state index contributed by atoms with van der Waals surface area (Å²) in [5.74, 6) is -0.182. The molecule has 10 heteroatoms. The number of thiazole rings is 1. The minimum atomic E-state index is -0.182. The van der Waals surface area contributed by atoms with Gasteiger partial charge < -0.3 is 11.1 Å². The molecule has 0 spiro atoms. The molecular formula is C12H13N7OS2. The zero-order valence-corrected chi connectivity index (χ0v) is 13.5. The number of aromatic nitrogens is 5. The Balaban J connectivity index is 1.85. The van der Waals surface area contributed by atoms with E-state index in [1.807, 2.05) is 19.2 Å². The summed E-state index contributed by atoms with van der Waals surface area (Å²) in [6.07, 6.45) is 1.47. The standard InChI is InChI=1S/C12H13N7OS2/c1-6-7(2)22-11(19-5-15-17-18-19)9(6)10(20)14-3-8-4-21-12(13)16-8/h4-5H,3H2,1-2H3,(H2,13,16)(H,14,20). The van der Waals surface area contributed by atoms with Gasteiger partial charge in [-0.25, -0.2) is 4.98 Å². The highest BCUT2D eigenvalue weighted by atomic mass is 32.1. The largest absolute Gasteiger partial charge is 0.375 e. The fourth-order valence-electron chi connectivity index (χ4n) is 1.96. The average molecular weight is 335 g/mol. The number of carbonyl (C=O) groups excluding carboxylic acids is 1. The minimum Gasteiger partial charge on any atom is -0.375 e. The number of rotatable bonds is 4. The number of carbonyl (C=O) groups is 1. The van der Waals surface area contributed by atoms with E-state index in [0.717, 1.165) is 16.1 Å². The van der Waals surface area contributed by atoms with Crippen molar-refractivity contribution in [1.29, 1.82) is 0 Å². The van der Waals surface area contributed by atoms with Crippen molar-refractivity contribution < 1.29 is 4.79 Å². The number of thiophene rings is 1. The lowest BCUT2D eigenvalue weighted by molar-refractivity contribution is 0.0950. The van der Waals surface area contributed by atoms with Crippen LogP contribution in [-0.4, -0.2) is 31.1 Å². The first-order valence-corrected chi connectivity index (χ1v) is 8.07. The summed E-state index contributed by atoms with van der Waals surface area (Å²) in [6, 6.07) is 0. The zero-order valence-electron chi connectivity index (χ0n) is 11.9. The number of amides is 1. The predicted octanol–water partition coefficient (Wildman–Crippen LogP) is 1.31. The molecule has 3 aromatic heterocycles. The van der Waals surface area contributed by atoms with Crippen LogP contribution in [0.3, 0.4) is 0 Å². The average Bonchev–Trinajstić information content (AvgIpc) is 3.19. The molecule has 0 saturated carbocycles. The van der Waals surface area contributed by atoms with Crippen LogP contribution in [0.15, 0.2) is 11.7 Å². The number of anilines is 1. The summed E-state index contributed by atoms with van der Waals surface area (Å²) in [6.45, 7) is 4.21. The highest BCUT2D eigenvalue weighted by Gasteiger charge is 2.21. The smallest absolute Gasteiger partial charge is 0.254 e. The summed E-state index contributed by atoms with van der Waals surface area (Å²) in [7, 11) is 0. The molecule has 1 amide bonds. The van der Waals surface area contributed by atoms with E-state index in [0.29, 0.717) is 22.2 Å². The Hall–Kier alpha value is -2.33. The molecular weight excluding hydrogens is 322 g/mol. The van der Waals surface area contributed by atoms with E-state index in [2.05, 4.69) is 25.8 Å². The molecule has 0 bridgehead atoms. The van der Waals surface area contributed by atoms with Crippen LogP contribution in [0.5, 0.6) is 0 Å². The lowest BCUT2D eigenvalue weighted by atomic mass is 10.1. The molecule has 3 heterocycles. The Labute approximate surface area is 134 Å². The summed E-state index contributed by atoms with van der Waals surface area (Å²) in [5.41, 5.74) is 7.83. The molecule has 0 aromatic carbocycles. The number of nitrogen functional groups attached to an aromatic ring is 1. The Morgan fingerprint density at radius 2 is 2.27 bits per heavy atom. The quantitative estimate of drug-likeness (QED) is 0.743. The Morgan fingerprint density at radius 3 is 2.91 bits per heavy atom. The van der Waals surface area contributed by atoms with Gasteiger partial charge in [-0.15, -0.1) is 27.8 Å². The highest BCUT2D eigenvalue weighted by molar-refractivity contribution is 7.15. The summed E-state index contributed by atoms with van der Waals surface area (Å²) < 4.78 is 1.50. The van der Waals surface area contributed by atoms with E-state index in [9.17, 15) is 4.79 Å². The van der Waals surface area contributed by atoms with Crippen molar-refractivity contribution in [3.63, 3.8) is 0 Å². The first-order chi connectivity index (χ1) is 10.6. The van der Waals surface area contributed by atoms with Crippen LogP contribution < -0.4 is 11.1 Å². The lowest BCUT2D eigenvalue weighted by Gasteiger charge is -2.06. The van der Waals surface area contributed by atoms with E-state index >= 15 is 0 Å². The van der Waals surface area contributed by atoms with Crippen molar-refractivity contribution in [2.24, 2.45) is 0 Å². The van der Waals surface area contributed by atoms with Gasteiger partial charge >= 0.3 is 0 Å². The fraction of sp³-hybridized carbons (Fsp3) is 0.250. The van der Waals surface area contributed by atoms with Crippen LogP contribution in [0.1, 0.15) is 26.5 Å². The summed E-state index contributed by atoms with van der Waals surface area (Å²) in [5, 5.41) is 17.0. The van der Waals surface area contributed by atoms with Crippen LogP contribution in [-0.2, 0) is 6.54 Å². The fourth-order valence-corrected chi connectivity index (χ4v) is 3.59. The molecule has 8 nitrogen and oxygen atoms in total. The molecule has 22 heavy (non-hydrogen) atoms. The molecule has 3 rings (SSSR count). The van der Waals surface area contributed by atoms with E-state index < -0.39 is 0 Å². The van der Waals surface area contributed by atoms with Crippen molar-refractivity contribution in [3.8, 4) is 5.00 Å². The lowest BCUT2D eigenvalue weighted by Crippen LogP contribution is -2.24. The van der Waals surface area contributed by atoms with Gasteiger partial charge in [-0.1, -0.05) is 0 Å². The molecule has 114 valence electrons. The van der Waals surface area contributed by atoms with Crippen LogP contribution >= 0.6 is 22.7 Å². The molecule has 3 aromatic rings.